The number of benzene rings is 6. The maximum atomic E-state index is 7.47. The summed E-state index contributed by atoms with van der Waals surface area (Å²) in [5.74, 6) is 0.149. The fourth-order valence-corrected chi connectivity index (χ4v) is 9.06. The normalized spacial score (nSPS) is 25.3. The third kappa shape index (κ3) is 14.0. The van der Waals surface area contributed by atoms with Gasteiger partial charge in [-0.15, -0.1) is 0 Å². The number of rotatable bonds is 23. The van der Waals surface area contributed by atoms with Crippen LogP contribution < -0.4 is 0 Å². The van der Waals surface area contributed by atoms with E-state index >= 15 is 0 Å². The molecule has 9 nitrogen and oxygen atoms in total. The van der Waals surface area contributed by atoms with Crippen molar-refractivity contribution in [2.24, 2.45) is 11.8 Å². The van der Waals surface area contributed by atoms with Gasteiger partial charge in [-0.25, -0.2) is 0 Å². The van der Waals surface area contributed by atoms with E-state index in [1.54, 1.807) is 0 Å². The summed E-state index contributed by atoms with van der Waals surface area (Å²) < 4.78 is 62.9. The van der Waals surface area contributed by atoms with Gasteiger partial charge < -0.3 is 42.6 Å². The zero-order chi connectivity index (χ0) is 46.0. The van der Waals surface area contributed by atoms with Gasteiger partial charge in [-0.05, 0) is 39.3 Å². The maximum Gasteiger partial charge on any atom is 0.187 e. The van der Waals surface area contributed by atoms with Gasteiger partial charge in [-0.1, -0.05) is 203 Å². The summed E-state index contributed by atoms with van der Waals surface area (Å²) in [6.07, 6.45) is -5.35. The molecular formula is C58H66O9. The van der Waals surface area contributed by atoms with E-state index < -0.39 is 49.0 Å². The first-order chi connectivity index (χ1) is 33.0. The smallest absolute Gasteiger partial charge is 0.187 e. The third-order valence-electron chi connectivity index (χ3n) is 12.5. The minimum atomic E-state index is -0.970. The van der Waals surface area contributed by atoms with Crippen LogP contribution >= 0.6 is 0 Å². The number of hydrogen-bond donors (Lipinski definition) is 0. The van der Waals surface area contributed by atoms with Crippen LogP contribution in [0.2, 0.25) is 0 Å². The zero-order valence-electron chi connectivity index (χ0n) is 39.0. The molecule has 352 valence electrons. The number of hydrogen-bond acceptors (Lipinski definition) is 9. The summed E-state index contributed by atoms with van der Waals surface area (Å²) in [7, 11) is 0. The van der Waals surface area contributed by atoms with Crippen molar-refractivity contribution < 1.29 is 42.6 Å². The Kier molecular flexibility index (Phi) is 18.3. The first kappa shape index (κ1) is 48.4. The highest BCUT2D eigenvalue weighted by Crippen LogP contribution is 2.38. The molecule has 2 saturated heterocycles. The molecule has 0 spiro atoms. The Bertz CT molecular complexity index is 2250. The molecule has 2 heterocycles. The molecule has 6 aromatic carbocycles. The summed E-state index contributed by atoms with van der Waals surface area (Å²) in [6, 6.07) is 61.1. The van der Waals surface area contributed by atoms with Gasteiger partial charge in [-0.2, -0.15) is 0 Å². The van der Waals surface area contributed by atoms with Crippen molar-refractivity contribution >= 4 is 0 Å². The van der Waals surface area contributed by atoms with Crippen LogP contribution in [0.25, 0.3) is 0 Å². The number of ether oxygens (including phenoxy) is 9. The Morgan fingerprint density at radius 1 is 0.373 bits per heavy atom. The molecule has 0 N–H and O–H groups in total. The highest BCUT2D eigenvalue weighted by atomic mass is 16.7. The third-order valence-corrected chi connectivity index (χ3v) is 12.5. The molecule has 0 saturated carbocycles. The van der Waals surface area contributed by atoms with E-state index in [0.717, 1.165) is 33.4 Å². The Balaban J connectivity index is 1.17. The molecule has 9 heteroatoms. The van der Waals surface area contributed by atoms with E-state index in [2.05, 4.69) is 93.6 Å². The van der Waals surface area contributed by atoms with Crippen LogP contribution in [0.5, 0.6) is 0 Å². The van der Waals surface area contributed by atoms with E-state index in [4.69, 9.17) is 42.6 Å². The molecule has 2 fully saturated rings. The Labute approximate surface area is 397 Å². The lowest BCUT2D eigenvalue weighted by atomic mass is 9.83. The average molecular weight is 907 g/mol. The highest BCUT2D eigenvalue weighted by Gasteiger charge is 2.53. The quantitative estimate of drug-likeness (QED) is 0.0624. The van der Waals surface area contributed by atoms with Crippen molar-refractivity contribution in [3.8, 4) is 0 Å². The standard InChI is InChI=1S/C58H66O9/c1-42(2)52-43(3)53(61-36-46-26-14-6-15-27-46)55(51(65-52)41-60-35-45-24-12-5-13-25-45)67-58-57(64-39-49-32-20-9-21-33-49)56(63-38-48-30-18-8-19-31-48)54(62-37-47-28-16-7-17-29-47)50(66-58)40-59-34-44-22-10-4-11-23-44/h4-33,42-43,50-58H,34-41H2,1-3H3/t43?,50?,51?,52-,53-,54-,55-,56-,57?,58-/m0/s1. The topological polar surface area (TPSA) is 83.1 Å². The molecule has 2 aliphatic heterocycles. The van der Waals surface area contributed by atoms with Crippen LogP contribution in [0.4, 0.5) is 0 Å². The molecule has 8 rings (SSSR count). The molecular weight excluding hydrogens is 841 g/mol. The Morgan fingerprint density at radius 3 is 1.09 bits per heavy atom. The fourth-order valence-electron chi connectivity index (χ4n) is 9.06. The minimum absolute atomic E-state index is 0.0524. The van der Waals surface area contributed by atoms with E-state index in [-0.39, 0.29) is 37.8 Å². The lowest BCUT2D eigenvalue weighted by Gasteiger charge is -2.50. The van der Waals surface area contributed by atoms with Gasteiger partial charge in [0.15, 0.2) is 6.29 Å². The van der Waals surface area contributed by atoms with Crippen molar-refractivity contribution in [2.75, 3.05) is 13.2 Å². The molecule has 0 amide bonds. The van der Waals surface area contributed by atoms with Gasteiger partial charge in [0.05, 0.1) is 65.1 Å². The zero-order valence-corrected chi connectivity index (χ0v) is 39.0. The van der Waals surface area contributed by atoms with E-state index in [0.29, 0.717) is 33.0 Å². The lowest BCUT2D eigenvalue weighted by molar-refractivity contribution is -0.359. The van der Waals surface area contributed by atoms with Gasteiger partial charge in [0.1, 0.15) is 36.6 Å². The summed E-state index contributed by atoms with van der Waals surface area (Å²) in [5, 5.41) is 0. The van der Waals surface area contributed by atoms with E-state index in [9.17, 15) is 0 Å². The molecule has 10 atom stereocenters. The summed E-state index contributed by atoms with van der Waals surface area (Å²) in [6.45, 7) is 9.18. The van der Waals surface area contributed by atoms with Crippen molar-refractivity contribution in [1.82, 2.24) is 0 Å². The Morgan fingerprint density at radius 2 is 0.701 bits per heavy atom. The van der Waals surface area contributed by atoms with Crippen LogP contribution in [0.3, 0.4) is 0 Å². The molecule has 0 bridgehead atoms. The summed E-state index contributed by atoms with van der Waals surface area (Å²) >= 11 is 0. The second kappa shape index (κ2) is 25.4. The van der Waals surface area contributed by atoms with Gasteiger partial charge in [-0.3, -0.25) is 0 Å². The van der Waals surface area contributed by atoms with Crippen molar-refractivity contribution in [3.05, 3.63) is 215 Å². The molecule has 67 heavy (non-hydrogen) atoms. The predicted octanol–water partition coefficient (Wildman–Crippen LogP) is 10.9. The first-order valence-corrected chi connectivity index (χ1v) is 23.8. The first-order valence-electron chi connectivity index (χ1n) is 23.8. The SMILES string of the molecule is CC(C)[C@@H]1OC(COCc2ccccc2)[C@H](O[C@@H]2OC(COCc3ccccc3)[C@H](OCc3ccccc3)[C@H](OCc3ccccc3)C2OCc2ccccc2)[C@@H](OCc2ccccc2)C1C. The van der Waals surface area contributed by atoms with Crippen molar-refractivity contribution in [1.29, 1.82) is 0 Å². The van der Waals surface area contributed by atoms with Crippen LogP contribution in [-0.4, -0.2) is 68.3 Å². The molecule has 6 aromatic rings. The summed E-state index contributed by atoms with van der Waals surface area (Å²) in [5.41, 5.74) is 6.25. The Hall–Kier alpha value is -5.04. The molecule has 0 aromatic heterocycles. The van der Waals surface area contributed by atoms with Crippen LogP contribution in [0.15, 0.2) is 182 Å². The average Bonchev–Trinajstić information content (AvgIpc) is 3.37. The monoisotopic (exact) mass is 906 g/mol. The minimum Gasteiger partial charge on any atom is -0.374 e. The van der Waals surface area contributed by atoms with E-state index in [1.165, 1.54) is 0 Å². The van der Waals surface area contributed by atoms with Crippen molar-refractivity contribution in [2.45, 2.75) is 116 Å². The van der Waals surface area contributed by atoms with Crippen molar-refractivity contribution in [3.63, 3.8) is 0 Å². The highest BCUT2D eigenvalue weighted by molar-refractivity contribution is 5.18. The summed E-state index contributed by atoms with van der Waals surface area (Å²) in [4.78, 5) is 0. The van der Waals surface area contributed by atoms with Crippen LogP contribution in [-0.2, 0) is 82.3 Å². The van der Waals surface area contributed by atoms with Gasteiger partial charge in [0, 0.05) is 5.92 Å². The predicted molar refractivity (Wildman–Crippen MR) is 258 cm³/mol. The van der Waals surface area contributed by atoms with E-state index in [1.807, 2.05) is 109 Å². The maximum absolute atomic E-state index is 7.47. The van der Waals surface area contributed by atoms with Gasteiger partial charge in [0.2, 0.25) is 0 Å². The second-order valence-electron chi connectivity index (χ2n) is 17.9. The largest absolute Gasteiger partial charge is 0.374 e. The van der Waals surface area contributed by atoms with Gasteiger partial charge >= 0.3 is 0 Å². The van der Waals surface area contributed by atoms with Crippen LogP contribution in [0.1, 0.15) is 54.2 Å². The molecule has 0 radical (unpaired) electrons. The van der Waals surface area contributed by atoms with Crippen LogP contribution in [0, 0.1) is 11.8 Å². The molecule has 4 unspecified atom stereocenters. The second-order valence-corrected chi connectivity index (χ2v) is 17.9. The lowest BCUT2D eigenvalue weighted by Crippen LogP contribution is -2.65. The van der Waals surface area contributed by atoms with Gasteiger partial charge in [0.25, 0.3) is 0 Å². The molecule has 0 aliphatic carbocycles. The molecule has 2 aliphatic rings. The fraction of sp³-hybridized carbons (Fsp3) is 0.379.